The second-order valence-electron chi connectivity index (χ2n) is 24.3. The number of likely N-dealkylation sites (tertiary alicyclic amines) is 2. The molecule has 460 valence electrons. The highest BCUT2D eigenvalue weighted by Crippen LogP contribution is 2.59. The molecule has 7 rings (SSSR count). The maximum atomic E-state index is 14.6. The number of benzene rings is 3. The Balaban J connectivity index is 0.855. The molecule has 19 nitrogen and oxygen atoms in total. The minimum atomic E-state index is -5.84. The number of amides is 7. The van der Waals surface area contributed by atoms with E-state index in [2.05, 4.69) is 42.2 Å². The molecule has 85 heavy (non-hydrogen) atoms. The number of carbonyl (C=O) groups is 7. The highest BCUT2D eigenvalue weighted by molar-refractivity contribution is 9.10. The van der Waals surface area contributed by atoms with Gasteiger partial charge in [-0.3, -0.25) is 43.1 Å². The van der Waals surface area contributed by atoms with Crippen LogP contribution in [0.1, 0.15) is 145 Å². The molecule has 0 saturated carbocycles. The van der Waals surface area contributed by atoms with Crippen molar-refractivity contribution < 1.29 is 61.8 Å². The third-order valence-corrected chi connectivity index (χ3v) is 18.2. The van der Waals surface area contributed by atoms with Crippen LogP contribution in [0.2, 0.25) is 0 Å². The summed E-state index contributed by atoms with van der Waals surface area (Å²) in [6, 6.07) is 15.3. The number of allylic oxidation sites excluding steroid dienone is 2. The first kappa shape index (κ1) is 66.3. The minimum absolute atomic E-state index is 0.00298. The summed E-state index contributed by atoms with van der Waals surface area (Å²) in [7, 11) is -5.84. The van der Waals surface area contributed by atoms with Gasteiger partial charge in [0.25, 0.3) is 5.91 Å². The Morgan fingerprint density at radius 3 is 2.09 bits per heavy atom. The number of thiophene rings is 1. The second kappa shape index (κ2) is 28.1. The molecule has 7 N–H and O–H groups in total. The van der Waals surface area contributed by atoms with Crippen molar-refractivity contribution in [2.75, 3.05) is 31.1 Å². The van der Waals surface area contributed by atoms with Gasteiger partial charge in [0, 0.05) is 90.7 Å². The summed E-state index contributed by atoms with van der Waals surface area (Å²) in [6.07, 6.45) is 6.30. The highest BCUT2D eigenvalue weighted by atomic mass is 79.9. The van der Waals surface area contributed by atoms with Crippen LogP contribution in [-0.2, 0) is 45.5 Å². The van der Waals surface area contributed by atoms with Gasteiger partial charge in [-0.15, -0.1) is 11.3 Å². The Morgan fingerprint density at radius 1 is 0.800 bits per heavy atom. The largest absolute Gasteiger partial charge is 0.399 e. The Hall–Kier alpha value is -6.23. The van der Waals surface area contributed by atoms with E-state index in [-0.39, 0.29) is 73.4 Å². The van der Waals surface area contributed by atoms with Crippen molar-refractivity contribution in [2.45, 2.75) is 162 Å². The molecule has 7 amide bonds. The standard InChI is InChI=1S/C61H78BrF2N8O11PS/c1-37-45(26-29-65-37)39-18-16-38(17-19-39)35-67-54(76)47-34-44(73)36-72(47)58(80)52(59(2,3)4)68-51(75)15-11-9-8-10-12-28-66-50(74)27-31-70(43-23-21-42(62)22-24-43)56(78)46-14-13-30-71(46)57(79)53(60(5,6)7)69-55(77)49-33-40-32-41(20-25-48(40)85-49)61(63,64)84(81,82)83/h16-25,29,32-33,44,46-47,52-53,73H,8-15,26-28,30-31,34-36H2,1-7H3,(H,66,74)(H,67,76)(H,68,75)(H,69,77)(H2,81,82,83)/t44-,46+,47+,52-,53-/m1/s1. The van der Waals surface area contributed by atoms with Crippen LogP contribution in [0.3, 0.4) is 0 Å². The van der Waals surface area contributed by atoms with Gasteiger partial charge in [-0.2, -0.15) is 8.78 Å². The molecule has 0 radical (unpaired) electrons. The van der Waals surface area contributed by atoms with E-state index in [0.29, 0.717) is 42.6 Å². The fourth-order valence-electron chi connectivity index (χ4n) is 10.8. The molecule has 0 unspecified atom stereocenters. The van der Waals surface area contributed by atoms with E-state index in [9.17, 15) is 61.8 Å². The molecule has 0 spiro atoms. The molecule has 0 aliphatic carbocycles. The SMILES string of the molecule is CC1=C(c2ccc(CNC(=O)[C@@H]3C[C@@H](O)CN3C(=O)[C@@H](NC(=O)CCCCCCCNC(=O)CCN(C(=O)[C@@H]3CCCN3C(=O)[C@@H](NC(=O)c3cc4cc(C(F)(F)P(=O)(O)O)ccc4s3)C(C)(C)C)c3ccc(Br)cc3)C(C)(C)C)cc2)CC=N1. The summed E-state index contributed by atoms with van der Waals surface area (Å²) >= 11 is 4.39. The van der Waals surface area contributed by atoms with Gasteiger partial charge < -0.3 is 50.9 Å². The number of halogens is 3. The molecule has 3 aromatic carbocycles. The van der Waals surface area contributed by atoms with E-state index in [1.165, 1.54) is 26.8 Å². The van der Waals surface area contributed by atoms with Crippen LogP contribution in [0.4, 0.5) is 14.5 Å². The third kappa shape index (κ3) is 16.9. The summed E-state index contributed by atoms with van der Waals surface area (Å²) < 4.78 is 41.8. The van der Waals surface area contributed by atoms with Crippen molar-refractivity contribution in [3.63, 3.8) is 0 Å². The van der Waals surface area contributed by atoms with Crippen LogP contribution in [-0.4, -0.2) is 129 Å². The van der Waals surface area contributed by atoms with Crippen LogP contribution < -0.4 is 26.2 Å². The van der Waals surface area contributed by atoms with Gasteiger partial charge in [0.1, 0.15) is 24.2 Å². The first-order valence-corrected chi connectivity index (χ1v) is 32.0. The van der Waals surface area contributed by atoms with Crippen molar-refractivity contribution in [3.8, 4) is 0 Å². The topological polar surface area (TPSA) is 267 Å². The van der Waals surface area contributed by atoms with E-state index in [1.807, 2.05) is 58.2 Å². The highest BCUT2D eigenvalue weighted by Gasteiger charge is 2.51. The van der Waals surface area contributed by atoms with Crippen molar-refractivity contribution in [3.05, 3.63) is 105 Å². The van der Waals surface area contributed by atoms with Gasteiger partial charge in [-0.05, 0) is 108 Å². The molecule has 2 saturated heterocycles. The van der Waals surface area contributed by atoms with Crippen LogP contribution in [0.25, 0.3) is 15.7 Å². The zero-order valence-electron chi connectivity index (χ0n) is 49.1. The molecule has 4 aromatic rings. The monoisotopic (exact) mass is 1280 g/mol. The number of nitrogens with one attached hydrogen (secondary N) is 4. The van der Waals surface area contributed by atoms with Gasteiger partial charge in [-0.1, -0.05) is 107 Å². The summed E-state index contributed by atoms with van der Waals surface area (Å²) in [5.41, 5.74) is -2.32. The van der Waals surface area contributed by atoms with Gasteiger partial charge >= 0.3 is 13.3 Å². The van der Waals surface area contributed by atoms with Gasteiger partial charge in [0.05, 0.1) is 11.0 Å². The van der Waals surface area contributed by atoms with Gasteiger partial charge in [0.15, 0.2) is 0 Å². The Kier molecular flexibility index (Phi) is 21.9. The lowest BCUT2D eigenvalue weighted by Gasteiger charge is -2.36. The lowest BCUT2D eigenvalue weighted by Crippen LogP contribution is -2.58. The fourth-order valence-corrected chi connectivity index (χ4v) is 12.4. The number of fused-ring (bicyclic) bond motifs is 1. The summed E-state index contributed by atoms with van der Waals surface area (Å²) in [6.45, 7) is 13.6. The number of aliphatic hydroxyl groups excluding tert-OH is 1. The lowest BCUT2D eigenvalue weighted by atomic mass is 9.85. The first-order valence-electron chi connectivity index (χ1n) is 28.7. The van der Waals surface area contributed by atoms with E-state index in [1.54, 1.807) is 45.0 Å². The number of rotatable bonds is 24. The van der Waals surface area contributed by atoms with Crippen molar-refractivity contribution >= 4 is 104 Å². The number of carbonyl (C=O) groups excluding carboxylic acids is 7. The first-order chi connectivity index (χ1) is 39.9. The molecule has 0 bridgehead atoms. The number of hydrogen-bond donors (Lipinski definition) is 7. The molecule has 1 aromatic heterocycles. The fraction of sp³-hybridized carbons (Fsp3) is 0.508. The van der Waals surface area contributed by atoms with E-state index in [0.717, 1.165) is 76.0 Å². The summed E-state index contributed by atoms with van der Waals surface area (Å²) in [4.78, 5) is 124. The number of anilines is 1. The van der Waals surface area contributed by atoms with E-state index in [4.69, 9.17) is 0 Å². The lowest BCUT2D eigenvalue weighted by molar-refractivity contribution is -0.144. The number of β-amino-alcohol motifs (C(OH)–C–C–N with tert-alkyl or cyclic N) is 1. The average molecular weight is 1280 g/mol. The minimum Gasteiger partial charge on any atom is -0.391 e. The zero-order chi connectivity index (χ0) is 62.2. The van der Waals surface area contributed by atoms with Crippen molar-refractivity contribution in [2.24, 2.45) is 15.8 Å². The second-order valence-corrected chi connectivity index (χ2v) is 27.9. The Morgan fingerprint density at radius 2 is 1.45 bits per heavy atom. The van der Waals surface area contributed by atoms with E-state index < -0.39 is 83.6 Å². The number of alkyl halides is 2. The predicted molar refractivity (Wildman–Crippen MR) is 327 cm³/mol. The quantitative estimate of drug-likeness (QED) is 0.0257. The average Bonchev–Trinajstić information content (AvgIpc) is 2.73. The van der Waals surface area contributed by atoms with Crippen LogP contribution in [0.15, 0.2) is 88.0 Å². The molecule has 2 fully saturated rings. The number of aliphatic hydroxyl groups is 1. The van der Waals surface area contributed by atoms with E-state index >= 15 is 0 Å². The number of unbranched alkanes of at least 4 members (excludes halogenated alkanes) is 4. The molecule has 4 heterocycles. The smallest absolute Gasteiger partial charge is 0.391 e. The molecule has 5 atom stereocenters. The van der Waals surface area contributed by atoms with Gasteiger partial charge in [-0.25, -0.2) is 0 Å². The van der Waals surface area contributed by atoms with Crippen LogP contribution in [0, 0.1) is 10.8 Å². The maximum absolute atomic E-state index is 14.6. The van der Waals surface area contributed by atoms with Crippen LogP contribution >= 0.6 is 34.9 Å². The van der Waals surface area contributed by atoms with Crippen molar-refractivity contribution in [1.82, 2.24) is 31.1 Å². The molecular formula is C61H78BrF2N8O11PS. The Labute approximate surface area is 507 Å². The summed E-state index contributed by atoms with van der Waals surface area (Å²) in [5.74, 6) is -2.98. The number of nitrogens with zero attached hydrogens (tertiary/aromatic N) is 4. The number of hydrogen-bond acceptors (Lipinski definition) is 11. The molecular weight excluding hydrogens is 1200 g/mol. The molecule has 3 aliphatic heterocycles. The predicted octanol–water partition coefficient (Wildman–Crippen LogP) is 8.92. The maximum Gasteiger partial charge on any atom is 0.399 e. The normalized spacial score (nSPS) is 18.2. The third-order valence-electron chi connectivity index (χ3n) is 15.6. The Bertz CT molecular complexity index is 3230. The molecule has 3 aliphatic rings. The van der Waals surface area contributed by atoms with Gasteiger partial charge in [0.2, 0.25) is 35.4 Å². The van der Waals surface area contributed by atoms with Crippen molar-refractivity contribution in [1.29, 1.82) is 0 Å². The molecule has 24 heteroatoms. The summed E-state index contributed by atoms with van der Waals surface area (Å²) in [5, 5.41) is 22.4. The van der Waals surface area contributed by atoms with Crippen LogP contribution in [0.5, 0.6) is 0 Å². The zero-order valence-corrected chi connectivity index (χ0v) is 52.4. The number of aliphatic imine (C=N–C) groups is 1.